The third kappa shape index (κ3) is 4.40. The highest BCUT2D eigenvalue weighted by Gasteiger charge is 2.45. The maximum atomic E-state index is 15.1. The Labute approximate surface area is 201 Å². The van der Waals surface area contributed by atoms with Crippen molar-refractivity contribution in [1.29, 1.82) is 0 Å². The molecule has 11 heteroatoms. The molecule has 0 spiro atoms. The highest BCUT2D eigenvalue weighted by atomic mass is 19.1. The van der Waals surface area contributed by atoms with Gasteiger partial charge in [0.05, 0.1) is 16.8 Å². The van der Waals surface area contributed by atoms with Crippen molar-refractivity contribution in [3.05, 3.63) is 29.1 Å². The summed E-state index contributed by atoms with van der Waals surface area (Å²) < 4.78 is 15.1. The average Bonchev–Trinajstić information content (AvgIpc) is 3.08. The maximum absolute atomic E-state index is 15.1. The monoisotopic (exact) mass is 485 g/mol. The Kier molecular flexibility index (Phi) is 6.26. The number of hydrogen-bond donors (Lipinski definition) is 2. The van der Waals surface area contributed by atoms with Gasteiger partial charge in [-0.05, 0) is 50.4 Å². The van der Waals surface area contributed by atoms with Gasteiger partial charge in [-0.15, -0.1) is 0 Å². The molecular weight excluding hydrogens is 457 g/mol. The van der Waals surface area contributed by atoms with Crippen LogP contribution in [0.25, 0.3) is 0 Å². The number of imide groups is 2. The van der Waals surface area contributed by atoms with Crippen LogP contribution < -0.4 is 15.5 Å². The first kappa shape index (κ1) is 23.4. The number of hydrogen-bond acceptors (Lipinski definition) is 7. The third-order valence-corrected chi connectivity index (χ3v) is 7.40. The first-order valence-corrected chi connectivity index (χ1v) is 12.1. The van der Waals surface area contributed by atoms with Gasteiger partial charge in [0.1, 0.15) is 11.9 Å². The van der Waals surface area contributed by atoms with Gasteiger partial charge >= 0.3 is 0 Å². The predicted molar refractivity (Wildman–Crippen MR) is 122 cm³/mol. The molecule has 0 aliphatic carbocycles. The van der Waals surface area contributed by atoms with Gasteiger partial charge in [0.15, 0.2) is 0 Å². The summed E-state index contributed by atoms with van der Waals surface area (Å²) in [5.41, 5.74) is 0.151. The topological polar surface area (TPSA) is 119 Å². The maximum Gasteiger partial charge on any atom is 0.262 e. The summed E-state index contributed by atoms with van der Waals surface area (Å²) in [6.07, 6.45) is 2.58. The summed E-state index contributed by atoms with van der Waals surface area (Å²) in [7, 11) is 0. The van der Waals surface area contributed by atoms with Crippen LogP contribution in [0.2, 0.25) is 0 Å². The Balaban J connectivity index is 1.27. The minimum Gasteiger partial charge on any atom is -0.366 e. The van der Waals surface area contributed by atoms with Gasteiger partial charge < -0.3 is 15.1 Å². The van der Waals surface area contributed by atoms with Crippen LogP contribution in [0.5, 0.6) is 0 Å². The summed E-state index contributed by atoms with van der Waals surface area (Å²) in [6.45, 7) is 3.60. The molecule has 1 atom stereocenters. The van der Waals surface area contributed by atoms with Crippen molar-refractivity contribution in [3.63, 3.8) is 0 Å². The molecule has 3 saturated heterocycles. The summed E-state index contributed by atoms with van der Waals surface area (Å²) >= 11 is 0. The van der Waals surface area contributed by atoms with Crippen LogP contribution >= 0.6 is 0 Å². The van der Waals surface area contributed by atoms with Gasteiger partial charge in [-0.3, -0.25) is 34.2 Å². The van der Waals surface area contributed by atoms with Crippen LogP contribution in [0.1, 0.15) is 52.8 Å². The smallest absolute Gasteiger partial charge is 0.262 e. The third-order valence-electron chi connectivity index (χ3n) is 7.40. The zero-order valence-corrected chi connectivity index (χ0v) is 19.3. The largest absolute Gasteiger partial charge is 0.366 e. The fraction of sp³-hybridized carbons (Fsp3) is 0.542. The number of amides is 5. The van der Waals surface area contributed by atoms with Crippen molar-refractivity contribution in [2.24, 2.45) is 5.92 Å². The molecule has 0 bridgehead atoms. The van der Waals surface area contributed by atoms with Crippen LogP contribution in [-0.2, 0) is 14.4 Å². The number of fused-ring (bicyclic) bond motifs is 1. The van der Waals surface area contributed by atoms with Crippen molar-refractivity contribution >= 4 is 35.2 Å². The zero-order valence-electron chi connectivity index (χ0n) is 19.3. The van der Waals surface area contributed by atoms with Crippen molar-refractivity contribution in [2.75, 3.05) is 44.2 Å². The Bertz CT molecular complexity index is 1090. The second-order valence-electron chi connectivity index (χ2n) is 9.56. The van der Waals surface area contributed by atoms with Gasteiger partial charge in [0.25, 0.3) is 11.8 Å². The van der Waals surface area contributed by atoms with E-state index in [9.17, 15) is 24.0 Å². The molecule has 0 radical (unpaired) electrons. The minimum atomic E-state index is -1.10. The molecule has 3 fully saturated rings. The molecule has 0 saturated carbocycles. The molecule has 10 nitrogen and oxygen atoms in total. The van der Waals surface area contributed by atoms with E-state index in [2.05, 4.69) is 10.6 Å². The van der Waals surface area contributed by atoms with E-state index < -0.39 is 35.5 Å². The molecule has 35 heavy (non-hydrogen) atoms. The van der Waals surface area contributed by atoms with Gasteiger partial charge in [0.2, 0.25) is 17.7 Å². The Hall–Kier alpha value is -3.34. The Morgan fingerprint density at radius 1 is 0.943 bits per heavy atom. The van der Waals surface area contributed by atoms with E-state index in [1.807, 2.05) is 4.90 Å². The average molecular weight is 486 g/mol. The first-order chi connectivity index (χ1) is 16.8. The second kappa shape index (κ2) is 9.37. The van der Waals surface area contributed by atoms with Crippen molar-refractivity contribution in [1.82, 2.24) is 20.4 Å². The lowest BCUT2D eigenvalue weighted by atomic mass is 9.94. The molecule has 186 valence electrons. The lowest BCUT2D eigenvalue weighted by Crippen LogP contribution is -2.54. The molecule has 2 N–H and O–H groups in total. The van der Waals surface area contributed by atoms with Crippen molar-refractivity contribution in [2.45, 2.75) is 38.1 Å². The van der Waals surface area contributed by atoms with Gasteiger partial charge in [-0.25, -0.2) is 4.39 Å². The lowest BCUT2D eigenvalue weighted by molar-refractivity contribution is -0.136. The van der Waals surface area contributed by atoms with Crippen molar-refractivity contribution in [3.8, 4) is 0 Å². The van der Waals surface area contributed by atoms with Crippen LogP contribution in [0.15, 0.2) is 12.1 Å². The number of carbonyl (C=O) groups is 5. The van der Waals surface area contributed by atoms with E-state index in [-0.39, 0.29) is 35.6 Å². The number of carbonyl (C=O) groups excluding carboxylic acids is 5. The van der Waals surface area contributed by atoms with E-state index in [0.717, 1.165) is 36.9 Å². The number of anilines is 1. The number of halogens is 1. The van der Waals surface area contributed by atoms with Crippen molar-refractivity contribution < 1.29 is 28.4 Å². The number of rotatable bonds is 4. The molecular formula is C24H28FN5O5. The van der Waals surface area contributed by atoms with E-state index in [1.165, 1.54) is 6.07 Å². The van der Waals surface area contributed by atoms with Gasteiger partial charge in [-0.1, -0.05) is 0 Å². The molecule has 5 amide bonds. The molecule has 4 aliphatic rings. The normalized spacial score (nSPS) is 23.6. The standard InChI is InChI=1S/C24H28FN5O5/c25-17-12-15-16(24(35)30(23(15)34)18-1-2-20(31)27-22(18)33)13-19(17)28-7-9-29(10-8-28)21(32)11-14-3-5-26-6-4-14/h12-14,18,26H,1-11H2,(H,27,31,33). The molecule has 5 rings (SSSR count). The van der Waals surface area contributed by atoms with Gasteiger partial charge in [-0.2, -0.15) is 0 Å². The van der Waals surface area contributed by atoms with E-state index in [1.54, 1.807) is 4.90 Å². The van der Waals surface area contributed by atoms with E-state index in [0.29, 0.717) is 38.5 Å². The fourth-order valence-electron chi connectivity index (χ4n) is 5.38. The van der Waals surface area contributed by atoms with Crippen LogP contribution in [-0.4, -0.2) is 84.6 Å². The predicted octanol–water partition coefficient (Wildman–Crippen LogP) is 0.265. The lowest BCUT2D eigenvalue weighted by Gasteiger charge is -2.37. The highest BCUT2D eigenvalue weighted by Crippen LogP contribution is 2.33. The summed E-state index contributed by atoms with van der Waals surface area (Å²) in [6, 6.07) is 1.32. The van der Waals surface area contributed by atoms with Crippen LogP contribution in [0.3, 0.4) is 0 Å². The summed E-state index contributed by atoms with van der Waals surface area (Å²) in [4.78, 5) is 66.7. The van der Waals surface area contributed by atoms with E-state index >= 15 is 4.39 Å². The zero-order chi connectivity index (χ0) is 24.7. The molecule has 4 heterocycles. The molecule has 1 aromatic carbocycles. The quantitative estimate of drug-likeness (QED) is 0.588. The number of nitrogens with zero attached hydrogens (tertiary/aromatic N) is 3. The summed E-state index contributed by atoms with van der Waals surface area (Å²) in [5, 5.41) is 5.44. The number of benzene rings is 1. The molecule has 1 aromatic rings. The molecule has 1 unspecified atom stereocenters. The van der Waals surface area contributed by atoms with Crippen LogP contribution in [0.4, 0.5) is 10.1 Å². The number of piperidine rings is 2. The Morgan fingerprint density at radius 2 is 1.60 bits per heavy atom. The highest BCUT2D eigenvalue weighted by molar-refractivity contribution is 6.23. The number of piperazine rings is 1. The molecule has 4 aliphatic heterocycles. The fourth-order valence-corrected chi connectivity index (χ4v) is 5.38. The second-order valence-corrected chi connectivity index (χ2v) is 9.56. The SMILES string of the molecule is O=C1CCC(N2C(=O)c3cc(F)c(N4CCN(C(=O)CC5CCNCC5)CC4)cc3C2=O)C(=O)N1. The Morgan fingerprint density at radius 3 is 2.26 bits per heavy atom. The summed E-state index contributed by atoms with van der Waals surface area (Å²) in [5.74, 6) is -2.69. The van der Waals surface area contributed by atoms with E-state index in [4.69, 9.17) is 0 Å². The first-order valence-electron chi connectivity index (χ1n) is 12.1. The number of nitrogens with one attached hydrogen (secondary N) is 2. The van der Waals surface area contributed by atoms with Gasteiger partial charge in [0, 0.05) is 39.0 Å². The van der Waals surface area contributed by atoms with Crippen LogP contribution in [0, 0.1) is 11.7 Å². The molecule has 0 aromatic heterocycles. The minimum absolute atomic E-state index is 0.0179.